The van der Waals surface area contributed by atoms with Crippen LogP contribution in [0.25, 0.3) is 0 Å². The molecule has 1 aromatic carbocycles. The van der Waals surface area contributed by atoms with Crippen LogP contribution >= 0.6 is 0 Å². The predicted molar refractivity (Wildman–Crippen MR) is 79.8 cm³/mol. The van der Waals surface area contributed by atoms with Crippen molar-refractivity contribution < 1.29 is 14.6 Å². The highest BCUT2D eigenvalue weighted by molar-refractivity contribution is 5.76. The second-order valence-electron chi connectivity index (χ2n) is 6.32. The number of hydrogen-bond acceptors (Lipinski definition) is 3. The first-order valence-electron chi connectivity index (χ1n) is 6.90. The minimum atomic E-state index is -0.709. The minimum absolute atomic E-state index is 0.0485. The van der Waals surface area contributed by atoms with Crippen LogP contribution in [-0.4, -0.2) is 30.3 Å². The fourth-order valence-electron chi connectivity index (χ4n) is 1.73. The van der Waals surface area contributed by atoms with Gasteiger partial charge < -0.3 is 15.2 Å². The van der Waals surface area contributed by atoms with E-state index in [-0.39, 0.29) is 24.5 Å². The van der Waals surface area contributed by atoms with Gasteiger partial charge in [0.05, 0.1) is 0 Å². The zero-order valence-electron chi connectivity index (χ0n) is 12.8. The number of aliphatic hydroxyl groups is 1. The van der Waals surface area contributed by atoms with Crippen LogP contribution in [0.2, 0.25) is 0 Å². The molecule has 4 heteroatoms. The fourth-order valence-corrected chi connectivity index (χ4v) is 1.73. The molecule has 0 saturated heterocycles. The van der Waals surface area contributed by atoms with E-state index in [1.54, 1.807) is 0 Å². The molecule has 20 heavy (non-hydrogen) atoms. The molecule has 0 bridgehead atoms. The molecule has 0 aliphatic rings. The maximum Gasteiger partial charge on any atom is 0.220 e. The zero-order valence-corrected chi connectivity index (χ0v) is 12.8. The normalized spacial score (nSPS) is 12.8. The van der Waals surface area contributed by atoms with E-state index < -0.39 is 6.10 Å². The molecule has 1 amide bonds. The first-order chi connectivity index (χ1) is 9.26. The summed E-state index contributed by atoms with van der Waals surface area (Å²) in [6.07, 6.45) is -0.266. The van der Waals surface area contributed by atoms with E-state index in [2.05, 4.69) is 5.32 Å². The molecule has 0 saturated carbocycles. The van der Waals surface area contributed by atoms with Gasteiger partial charge in [0.2, 0.25) is 5.91 Å². The lowest BCUT2D eigenvalue weighted by Gasteiger charge is -2.18. The van der Waals surface area contributed by atoms with Crippen LogP contribution < -0.4 is 10.1 Å². The molecule has 112 valence electrons. The summed E-state index contributed by atoms with van der Waals surface area (Å²) >= 11 is 0. The lowest BCUT2D eigenvalue weighted by atomic mass is 9.92. The second-order valence-corrected chi connectivity index (χ2v) is 6.32. The molecule has 1 unspecified atom stereocenters. The van der Waals surface area contributed by atoms with Crippen molar-refractivity contribution in [1.82, 2.24) is 5.32 Å². The highest BCUT2D eigenvalue weighted by atomic mass is 16.5. The number of ether oxygens (including phenoxy) is 1. The Labute approximate surface area is 121 Å². The zero-order chi connectivity index (χ0) is 15.2. The van der Waals surface area contributed by atoms with Gasteiger partial charge in [0, 0.05) is 13.0 Å². The fraction of sp³-hybridized carbons (Fsp3) is 0.562. The molecule has 0 aliphatic carbocycles. The van der Waals surface area contributed by atoms with E-state index in [0.29, 0.717) is 6.42 Å². The van der Waals surface area contributed by atoms with E-state index in [9.17, 15) is 9.90 Å². The van der Waals surface area contributed by atoms with Crippen molar-refractivity contribution in [2.45, 2.75) is 40.2 Å². The van der Waals surface area contributed by atoms with Crippen molar-refractivity contribution in [3.8, 4) is 5.75 Å². The first kappa shape index (κ1) is 16.5. The number of rotatable bonds is 6. The summed E-state index contributed by atoms with van der Waals surface area (Å²) in [4.78, 5) is 11.6. The molecular formula is C16H25NO3. The van der Waals surface area contributed by atoms with Crippen LogP contribution in [0.3, 0.4) is 0 Å². The Hall–Kier alpha value is -1.55. The highest BCUT2D eigenvalue weighted by Gasteiger charge is 2.16. The van der Waals surface area contributed by atoms with Gasteiger partial charge >= 0.3 is 0 Å². The standard InChI is InChI=1S/C16H25NO3/c1-12-6-5-7-14(8-12)20-11-13(18)10-17-15(19)9-16(2,3)4/h5-8,13,18H,9-11H2,1-4H3,(H,17,19). The van der Waals surface area contributed by atoms with Crippen LogP contribution in [0.1, 0.15) is 32.8 Å². The molecular weight excluding hydrogens is 254 g/mol. The third-order valence-electron chi connectivity index (χ3n) is 2.66. The van der Waals surface area contributed by atoms with E-state index in [1.165, 1.54) is 0 Å². The van der Waals surface area contributed by atoms with Crippen molar-refractivity contribution in [2.75, 3.05) is 13.2 Å². The Bertz CT molecular complexity index is 438. The molecule has 1 aromatic rings. The van der Waals surface area contributed by atoms with Gasteiger partial charge in [-0.2, -0.15) is 0 Å². The van der Waals surface area contributed by atoms with Gasteiger partial charge in [0.15, 0.2) is 0 Å². The summed E-state index contributed by atoms with van der Waals surface area (Å²) < 4.78 is 5.48. The Morgan fingerprint density at radius 3 is 2.70 bits per heavy atom. The van der Waals surface area contributed by atoms with Crippen molar-refractivity contribution in [3.05, 3.63) is 29.8 Å². The molecule has 2 N–H and O–H groups in total. The number of carbonyl (C=O) groups excluding carboxylic acids is 1. The summed E-state index contributed by atoms with van der Waals surface area (Å²) in [6, 6.07) is 7.64. The van der Waals surface area contributed by atoms with E-state index in [4.69, 9.17) is 4.74 Å². The lowest BCUT2D eigenvalue weighted by molar-refractivity contribution is -0.123. The van der Waals surface area contributed by atoms with Crippen molar-refractivity contribution in [1.29, 1.82) is 0 Å². The van der Waals surface area contributed by atoms with Crippen LogP contribution in [0.4, 0.5) is 0 Å². The summed E-state index contributed by atoms with van der Waals surface area (Å²) in [5, 5.41) is 12.5. The number of benzene rings is 1. The molecule has 0 radical (unpaired) electrons. The molecule has 0 spiro atoms. The largest absolute Gasteiger partial charge is 0.491 e. The highest BCUT2D eigenvalue weighted by Crippen LogP contribution is 2.17. The minimum Gasteiger partial charge on any atom is -0.491 e. The number of carbonyl (C=O) groups is 1. The number of aliphatic hydroxyl groups excluding tert-OH is 1. The number of hydrogen-bond donors (Lipinski definition) is 2. The van der Waals surface area contributed by atoms with Gasteiger partial charge in [-0.25, -0.2) is 0 Å². The SMILES string of the molecule is Cc1cccc(OCC(O)CNC(=O)CC(C)(C)C)c1. The third kappa shape index (κ3) is 7.14. The quantitative estimate of drug-likeness (QED) is 0.840. The molecule has 4 nitrogen and oxygen atoms in total. The van der Waals surface area contributed by atoms with Gasteiger partial charge in [0.25, 0.3) is 0 Å². The second kappa shape index (κ2) is 7.29. The Kier molecular flexibility index (Phi) is 6.02. The van der Waals surface area contributed by atoms with Gasteiger partial charge in [-0.1, -0.05) is 32.9 Å². The lowest BCUT2D eigenvalue weighted by Crippen LogP contribution is -2.36. The van der Waals surface area contributed by atoms with Gasteiger partial charge in [-0.05, 0) is 30.0 Å². The molecule has 0 aliphatic heterocycles. The van der Waals surface area contributed by atoms with Crippen LogP contribution in [0.15, 0.2) is 24.3 Å². The van der Waals surface area contributed by atoms with Crippen LogP contribution in [0.5, 0.6) is 5.75 Å². The number of amides is 1. The van der Waals surface area contributed by atoms with Gasteiger partial charge in [-0.3, -0.25) is 4.79 Å². The molecule has 0 aromatic heterocycles. The summed E-state index contributed by atoms with van der Waals surface area (Å²) in [5.74, 6) is 0.678. The Morgan fingerprint density at radius 1 is 1.40 bits per heavy atom. The topological polar surface area (TPSA) is 58.6 Å². The molecule has 0 heterocycles. The molecule has 1 rings (SSSR count). The third-order valence-corrected chi connectivity index (χ3v) is 2.66. The smallest absolute Gasteiger partial charge is 0.220 e. The summed E-state index contributed by atoms with van der Waals surface area (Å²) in [7, 11) is 0. The van der Waals surface area contributed by atoms with Crippen LogP contribution in [-0.2, 0) is 4.79 Å². The summed E-state index contributed by atoms with van der Waals surface area (Å²) in [6.45, 7) is 8.37. The van der Waals surface area contributed by atoms with E-state index in [0.717, 1.165) is 11.3 Å². The average Bonchev–Trinajstić information content (AvgIpc) is 2.32. The maximum absolute atomic E-state index is 11.6. The van der Waals surface area contributed by atoms with Crippen molar-refractivity contribution in [3.63, 3.8) is 0 Å². The van der Waals surface area contributed by atoms with Crippen molar-refractivity contribution >= 4 is 5.91 Å². The molecule has 1 atom stereocenters. The Morgan fingerprint density at radius 2 is 2.10 bits per heavy atom. The van der Waals surface area contributed by atoms with Gasteiger partial charge in [0.1, 0.15) is 18.5 Å². The van der Waals surface area contributed by atoms with E-state index >= 15 is 0 Å². The van der Waals surface area contributed by atoms with Crippen molar-refractivity contribution in [2.24, 2.45) is 5.41 Å². The molecule has 0 fully saturated rings. The van der Waals surface area contributed by atoms with E-state index in [1.807, 2.05) is 52.0 Å². The summed E-state index contributed by atoms with van der Waals surface area (Å²) in [5.41, 5.74) is 1.06. The van der Waals surface area contributed by atoms with Gasteiger partial charge in [-0.15, -0.1) is 0 Å². The first-order valence-corrected chi connectivity index (χ1v) is 6.90. The average molecular weight is 279 g/mol. The number of aryl methyl sites for hydroxylation is 1. The van der Waals surface area contributed by atoms with Crippen LogP contribution in [0, 0.1) is 12.3 Å². The predicted octanol–water partition coefficient (Wildman–Crippen LogP) is 2.29. The monoisotopic (exact) mass is 279 g/mol. The maximum atomic E-state index is 11.6. The Balaban J connectivity index is 2.27. The number of nitrogens with one attached hydrogen (secondary N) is 1.